The zero-order chi connectivity index (χ0) is 9.64. The zero-order valence-corrected chi connectivity index (χ0v) is 8.16. The van der Waals surface area contributed by atoms with Gasteiger partial charge in [-0.1, -0.05) is 6.92 Å². The van der Waals surface area contributed by atoms with Crippen LogP contribution >= 0.6 is 0 Å². The Morgan fingerprint density at radius 1 is 1.54 bits per heavy atom. The molecule has 0 spiro atoms. The normalized spacial score (nSPS) is 42.7. The van der Waals surface area contributed by atoms with E-state index in [1.165, 1.54) is 0 Å². The van der Waals surface area contributed by atoms with Gasteiger partial charge in [0.05, 0.1) is 24.7 Å². The lowest BCUT2D eigenvalue weighted by Crippen LogP contribution is -2.50. The molecule has 0 aromatic carbocycles. The van der Waals surface area contributed by atoms with Gasteiger partial charge in [0, 0.05) is 0 Å². The molecule has 3 unspecified atom stereocenters. The molecule has 2 aliphatic rings. The second-order valence-electron chi connectivity index (χ2n) is 4.20. The maximum Gasteiger partial charge on any atom is 0.225 e. The number of nitrogens with one attached hydrogen (secondary N) is 1. The van der Waals surface area contributed by atoms with Gasteiger partial charge in [-0.25, -0.2) is 0 Å². The molecule has 13 heavy (non-hydrogen) atoms. The van der Waals surface area contributed by atoms with Gasteiger partial charge in [-0.3, -0.25) is 4.79 Å². The molecule has 0 aliphatic carbocycles. The van der Waals surface area contributed by atoms with Gasteiger partial charge in [0.2, 0.25) is 5.91 Å². The summed E-state index contributed by atoms with van der Waals surface area (Å²) < 4.78 is 11.1. The predicted octanol–water partition coefficient (Wildman–Crippen LogP) is 0.272. The molecule has 2 heterocycles. The van der Waals surface area contributed by atoms with Crippen LogP contribution in [-0.4, -0.2) is 30.4 Å². The summed E-state index contributed by atoms with van der Waals surface area (Å²) in [4.78, 5) is 11.3. The summed E-state index contributed by atoms with van der Waals surface area (Å²) in [5.74, 6) is -0.550. The van der Waals surface area contributed by atoms with Gasteiger partial charge in [0.15, 0.2) is 5.79 Å². The SMILES string of the molecule is CC1C(=O)NC2COC(C)(C)OC21. The fourth-order valence-electron chi connectivity index (χ4n) is 1.87. The smallest absolute Gasteiger partial charge is 0.225 e. The average molecular weight is 185 g/mol. The Kier molecular flexibility index (Phi) is 1.85. The number of ether oxygens (including phenoxy) is 2. The first-order valence-electron chi connectivity index (χ1n) is 4.62. The van der Waals surface area contributed by atoms with Gasteiger partial charge in [-0.05, 0) is 13.8 Å². The Balaban J connectivity index is 2.14. The lowest BCUT2D eigenvalue weighted by molar-refractivity contribution is -0.281. The number of hydrogen-bond donors (Lipinski definition) is 1. The van der Waals surface area contributed by atoms with Gasteiger partial charge >= 0.3 is 0 Å². The van der Waals surface area contributed by atoms with Crippen LogP contribution in [0.2, 0.25) is 0 Å². The highest BCUT2D eigenvalue weighted by atomic mass is 16.7. The van der Waals surface area contributed by atoms with E-state index in [2.05, 4.69) is 5.32 Å². The maximum atomic E-state index is 11.3. The minimum absolute atomic E-state index is 0.0312. The van der Waals surface area contributed by atoms with E-state index in [1.54, 1.807) is 0 Å². The van der Waals surface area contributed by atoms with Crippen LogP contribution in [0, 0.1) is 5.92 Å². The third-order valence-electron chi connectivity index (χ3n) is 2.66. The predicted molar refractivity (Wildman–Crippen MR) is 46.0 cm³/mol. The van der Waals surface area contributed by atoms with Crippen LogP contribution in [0.1, 0.15) is 20.8 Å². The second-order valence-corrected chi connectivity index (χ2v) is 4.20. The third kappa shape index (κ3) is 1.44. The summed E-state index contributed by atoms with van der Waals surface area (Å²) in [6.45, 7) is 6.19. The summed E-state index contributed by atoms with van der Waals surface area (Å²) in [6.07, 6.45) is -0.0312. The molecule has 0 aromatic rings. The molecule has 3 atom stereocenters. The Labute approximate surface area is 77.6 Å². The Bertz CT molecular complexity index is 239. The summed E-state index contributed by atoms with van der Waals surface area (Å²) in [5, 5.41) is 2.85. The highest BCUT2D eigenvalue weighted by Gasteiger charge is 2.46. The minimum atomic E-state index is -0.554. The van der Waals surface area contributed by atoms with Crippen molar-refractivity contribution in [1.29, 1.82) is 0 Å². The second kappa shape index (κ2) is 2.69. The van der Waals surface area contributed by atoms with E-state index >= 15 is 0 Å². The summed E-state index contributed by atoms with van der Waals surface area (Å²) in [7, 11) is 0. The molecule has 2 rings (SSSR count). The van der Waals surface area contributed by atoms with Crippen molar-refractivity contribution in [3.63, 3.8) is 0 Å². The van der Waals surface area contributed by atoms with Gasteiger partial charge in [-0.15, -0.1) is 0 Å². The summed E-state index contributed by atoms with van der Waals surface area (Å²) >= 11 is 0. The Morgan fingerprint density at radius 3 is 2.92 bits per heavy atom. The van der Waals surface area contributed by atoms with Crippen molar-refractivity contribution in [2.75, 3.05) is 6.61 Å². The quantitative estimate of drug-likeness (QED) is 0.589. The maximum absolute atomic E-state index is 11.3. The summed E-state index contributed by atoms with van der Waals surface area (Å²) in [5.41, 5.74) is 0. The lowest BCUT2D eigenvalue weighted by atomic mass is 10.0. The fraction of sp³-hybridized carbons (Fsp3) is 0.889. The van der Waals surface area contributed by atoms with Gasteiger partial charge in [0.25, 0.3) is 0 Å². The van der Waals surface area contributed by atoms with Crippen LogP contribution in [0.5, 0.6) is 0 Å². The highest BCUT2D eigenvalue weighted by Crippen LogP contribution is 2.30. The molecule has 2 aliphatic heterocycles. The van der Waals surface area contributed by atoms with E-state index in [0.29, 0.717) is 6.61 Å². The van der Waals surface area contributed by atoms with E-state index in [1.807, 2.05) is 20.8 Å². The van der Waals surface area contributed by atoms with E-state index < -0.39 is 5.79 Å². The molecule has 74 valence electrons. The lowest BCUT2D eigenvalue weighted by Gasteiger charge is -2.38. The molecule has 0 saturated carbocycles. The molecule has 1 amide bonds. The van der Waals surface area contributed by atoms with E-state index in [4.69, 9.17) is 9.47 Å². The van der Waals surface area contributed by atoms with Crippen LogP contribution in [-0.2, 0) is 14.3 Å². The van der Waals surface area contributed by atoms with E-state index in [0.717, 1.165) is 0 Å². The zero-order valence-electron chi connectivity index (χ0n) is 8.16. The molecule has 1 N–H and O–H groups in total. The Hall–Kier alpha value is -0.610. The van der Waals surface area contributed by atoms with Crippen molar-refractivity contribution in [2.45, 2.75) is 38.7 Å². The first-order chi connectivity index (χ1) is 5.99. The standard InChI is InChI=1S/C9H15NO3/c1-5-7-6(10-8(5)11)4-12-9(2,3)13-7/h5-7H,4H2,1-3H3,(H,10,11). The van der Waals surface area contributed by atoms with E-state index in [9.17, 15) is 4.79 Å². The summed E-state index contributed by atoms with van der Waals surface area (Å²) in [6, 6.07) is 0.0375. The van der Waals surface area contributed by atoms with Gasteiger partial charge in [-0.2, -0.15) is 0 Å². The van der Waals surface area contributed by atoms with Crippen LogP contribution in [0.4, 0.5) is 0 Å². The van der Waals surface area contributed by atoms with Crippen LogP contribution in [0.3, 0.4) is 0 Å². The van der Waals surface area contributed by atoms with Crippen molar-refractivity contribution < 1.29 is 14.3 Å². The van der Waals surface area contributed by atoms with Crippen LogP contribution in [0.25, 0.3) is 0 Å². The van der Waals surface area contributed by atoms with Crippen LogP contribution in [0.15, 0.2) is 0 Å². The largest absolute Gasteiger partial charge is 0.348 e. The molecule has 4 nitrogen and oxygen atoms in total. The number of rotatable bonds is 0. The van der Waals surface area contributed by atoms with Crippen molar-refractivity contribution >= 4 is 5.91 Å². The highest BCUT2D eigenvalue weighted by molar-refractivity contribution is 5.82. The van der Waals surface area contributed by atoms with Crippen molar-refractivity contribution in [1.82, 2.24) is 5.32 Å². The molecule has 4 heteroatoms. The number of carbonyl (C=O) groups excluding carboxylic acids is 1. The topological polar surface area (TPSA) is 47.6 Å². The van der Waals surface area contributed by atoms with E-state index in [-0.39, 0.29) is 24.0 Å². The van der Waals surface area contributed by atoms with Gasteiger partial charge < -0.3 is 14.8 Å². The third-order valence-corrected chi connectivity index (χ3v) is 2.66. The first-order valence-corrected chi connectivity index (χ1v) is 4.62. The van der Waals surface area contributed by atoms with Gasteiger partial charge in [0.1, 0.15) is 0 Å². The number of amides is 1. The number of carbonyl (C=O) groups is 1. The van der Waals surface area contributed by atoms with Crippen LogP contribution < -0.4 is 5.32 Å². The molecule has 2 fully saturated rings. The molecule has 0 bridgehead atoms. The molecule has 0 radical (unpaired) electrons. The Morgan fingerprint density at radius 2 is 2.23 bits per heavy atom. The van der Waals surface area contributed by atoms with Crippen molar-refractivity contribution in [3.8, 4) is 0 Å². The first kappa shape index (κ1) is 8.97. The number of hydrogen-bond acceptors (Lipinski definition) is 3. The number of fused-ring (bicyclic) bond motifs is 1. The van der Waals surface area contributed by atoms with Crippen molar-refractivity contribution in [3.05, 3.63) is 0 Å². The fourth-order valence-corrected chi connectivity index (χ4v) is 1.87. The van der Waals surface area contributed by atoms with Crippen molar-refractivity contribution in [2.24, 2.45) is 5.92 Å². The monoisotopic (exact) mass is 185 g/mol. The average Bonchev–Trinajstić information content (AvgIpc) is 2.29. The minimum Gasteiger partial charge on any atom is -0.348 e. The molecule has 2 saturated heterocycles. The molecular formula is C9H15NO3. The molecule has 0 aromatic heterocycles. The molecular weight excluding hydrogens is 170 g/mol.